The minimum absolute atomic E-state index is 0.0213. The molecule has 5 nitrogen and oxygen atoms in total. The monoisotopic (exact) mass is 324 g/mol. The van der Waals surface area contributed by atoms with E-state index in [4.69, 9.17) is 0 Å². The van der Waals surface area contributed by atoms with Gasteiger partial charge in [-0.2, -0.15) is 0 Å². The van der Waals surface area contributed by atoms with E-state index in [9.17, 15) is 4.79 Å². The Morgan fingerprint density at radius 3 is 2.54 bits per heavy atom. The van der Waals surface area contributed by atoms with Gasteiger partial charge in [0.1, 0.15) is 0 Å². The minimum atomic E-state index is -0.0213. The number of carbonyl (C=O) groups excluding carboxylic acids is 1. The van der Waals surface area contributed by atoms with E-state index in [0.29, 0.717) is 17.4 Å². The van der Waals surface area contributed by atoms with Crippen molar-refractivity contribution < 1.29 is 4.79 Å². The van der Waals surface area contributed by atoms with Crippen molar-refractivity contribution in [2.75, 3.05) is 18.4 Å². The van der Waals surface area contributed by atoms with Crippen molar-refractivity contribution in [2.45, 2.75) is 33.6 Å². The number of nitrogens with one attached hydrogen (secondary N) is 1. The fourth-order valence-electron chi connectivity index (χ4n) is 3.24. The molecule has 0 bridgehead atoms. The maximum Gasteiger partial charge on any atom is 0.274 e. The summed E-state index contributed by atoms with van der Waals surface area (Å²) in [4.78, 5) is 14.4. The molecule has 126 valence electrons. The van der Waals surface area contributed by atoms with Crippen LogP contribution in [0.3, 0.4) is 0 Å². The van der Waals surface area contributed by atoms with Gasteiger partial charge in [-0.3, -0.25) is 4.79 Å². The maximum absolute atomic E-state index is 12.5. The summed E-state index contributed by atoms with van der Waals surface area (Å²) in [7, 11) is 0. The van der Waals surface area contributed by atoms with Crippen LogP contribution in [0.15, 0.2) is 30.3 Å². The molecule has 1 unspecified atom stereocenters. The van der Waals surface area contributed by atoms with Crippen molar-refractivity contribution >= 4 is 17.4 Å². The third-order valence-electron chi connectivity index (χ3n) is 4.32. The third-order valence-corrected chi connectivity index (χ3v) is 4.32. The zero-order chi connectivity index (χ0) is 17.1. The van der Waals surface area contributed by atoms with Crippen molar-refractivity contribution in [2.24, 2.45) is 5.92 Å². The molecule has 0 radical (unpaired) electrons. The lowest BCUT2D eigenvalue weighted by Crippen LogP contribution is -2.39. The smallest absolute Gasteiger partial charge is 0.274 e. The van der Waals surface area contributed by atoms with Crippen LogP contribution >= 0.6 is 0 Å². The van der Waals surface area contributed by atoms with E-state index in [1.54, 1.807) is 6.07 Å². The third kappa shape index (κ3) is 3.91. The van der Waals surface area contributed by atoms with Crippen LogP contribution < -0.4 is 5.32 Å². The lowest BCUT2D eigenvalue weighted by Gasteiger charge is -2.30. The number of likely N-dealkylation sites (tertiary alicyclic amines) is 1. The summed E-state index contributed by atoms with van der Waals surface area (Å²) in [5.41, 5.74) is 3.77. The van der Waals surface area contributed by atoms with Crippen LogP contribution in [0, 0.1) is 19.8 Å². The van der Waals surface area contributed by atoms with Crippen LogP contribution in [0.5, 0.6) is 0 Å². The predicted molar refractivity (Wildman–Crippen MR) is 95.5 cm³/mol. The topological polar surface area (TPSA) is 58.1 Å². The molecule has 5 heteroatoms. The highest BCUT2D eigenvalue weighted by molar-refractivity contribution is 5.92. The van der Waals surface area contributed by atoms with Gasteiger partial charge in [0.2, 0.25) is 0 Å². The number of aryl methyl sites for hydroxylation is 2. The Kier molecular flexibility index (Phi) is 4.79. The van der Waals surface area contributed by atoms with E-state index < -0.39 is 0 Å². The van der Waals surface area contributed by atoms with Gasteiger partial charge in [-0.25, -0.2) is 0 Å². The number of carbonyl (C=O) groups is 1. The van der Waals surface area contributed by atoms with Crippen molar-refractivity contribution in [3.05, 3.63) is 47.2 Å². The number of piperidine rings is 1. The molecule has 1 fully saturated rings. The molecule has 1 saturated heterocycles. The quantitative estimate of drug-likeness (QED) is 0.935. The van der Waals surface area contributed by atoms with Crippen LogP contribution in [0.2, 0.25) is 0 Å². The second kappa shape index (κ2) is 6.99. The summed E-state index contributed by atoms with van der Waals surface area (Å²) < 4.78 is 0. The van der Waals surface area contributed by atoms with E-state index in [0.717, 1.165) is 25.2 Å². The largest absolute Gasteiger partial charge is 0.339 e. The number of benzene rings is 1. The average molecular weight is 324 g/mol. The van der Waals surface area contributed by atoms with Crippen molar-refractivity contribution in [3.63, 3.8) is 0 Å². The van der Waals surface area contributed by atoms with Gasteiger partial charge in [0, 0.05) is 18.8 Å². The second-order valence-corrected chi connectivity index (χ2v) is 6.80. The van der Waals surface area contributed by atoms with Crippen molar-refractivity contribution in [1.29, 1.82) is 0 Å². The molecule has 1 amide bonds. The number of aromatic nitrogens is 2. The first-order chi connectivity index (χ1) is 11.5. The van der Waals surface area contributed by atoms with Crippen LogP contribution in [0.1, 0.15) is 41.4 Å². The number of anilines is 2. The molecule has 1 aliphatic rings. The normalized spacial score (nSPS) is 17.6. The van der Waals surface area contributed by atoms with E-state index in [-0.39, 0.29) is 5.91 Å². The number of rotatable bonds is 3. The Morgan fingerprint density at radius 1 is 1.17 bits per heavy atom. The molecule has 0 aliphatic carbocycles. The molecule has 0 saturated carbocycles. The Hall–Kier alpha value is -2.43. The van der Waals surface area contributed by atoms with Gasteiger partial charge in [-0.15, -0.1) is 10.2 Å². The SMILES string of the molecule is Cc1cc(C)cc(Nc2ccc(C(=O)N3CCCC(C)C3)nn2)c1. The minimum Gasteiger partial charge on any atom is -0.339 e. The summed E-state index contributed by atoms with van der Waals surface area (Å²) >= 11 is 0. The molecule has 2 heterocycles. The zero-order valence-corrected chi connectivity index (χ0v) is 14.5. The fraction of sp³-hybridized carbons (Fsp3) is 0.421. The molecule has 0 spiro atoms. The molecule has 1 aliphatic heterocycles. The molecule has 1 atom stereocenters. The van der Waals surface area contributed by atoms with Gasteiger partial charge < -0.3 is 10.2 Å². The summed E-state index contributed by atoms with van der Waals surface area (Å²) in [6.07, 6.45) is 2.25. The maximum atomic E-state index is 12.5. The Balaban J connectivity index is 1.69. The first-order valence-electron chi connectivity index (χ1n) is 8.49. The van der Waals surface area contributed by atoms with E-state index >= 15 is 0 Å². The van der Waals surface area contributed by atoms with Crippen LogP contribution in [-0.4, -0.2) is 34.1 Å². The van der Waals surface area contributed by atoms with Crippen molar-refractivity contribution in [1.82, 2.24) is 15.1 Å². The van der Waals surface area contributed by atoms with E-state index in [2.05, 4.69) is 54.5 Å². The van der Waals surface area contributed by atoms with Gasteiger partial charge in [0.25, 0.3) is 5.91 Å². The summed E-state index contributed by atoms with van der Waals surface area (Å²) in [6, 6.07) is 9.80. The van der Waals surface area contributed by atoms with Crippen molar-refractivity contribution in [3.8, 4) is 0 Å². The highest BCUT2D eigenvalue weighted by Crippen LogP contribution is 2.19. The lowest BCUT2D eigenvalue weighted by atomic mass is 10.00. The van der Waals surface area contributed by atoms with Gasteiger partial charge in [-0.05, 0) is 68.0 Å². The van der Waals surface area contributed by atoms with Crippen LogP contribution in [-0.2, 0) is 0 Å². The first kappa shape index (κ1) is 16.4. The van der Waals surface area contributed by atoms with Gasteiger partial charge in [0.05, 0.1) is 0 Å². The molecular weight excluding hydrogens is 300 g/mol. The average Bonchev–Trinajstić information content (AvgIpc) is 2.54. The number of amides is 1. The van der Waals surface area contributed by atoms with E-state index in [1.165, 1.54) is 17.5 Å². The standard InChI is InChI=1S/C19H24N4O/c1-13-5-4-8-23(12-13)19(24)17-6-7-18(22-21-17)20-16-10-14(2)9-15(3)11-16/h6-7,9-11,13H,4-5,8,12H2,1-3H3,(H,20,22). The highest BCUT2D eigenvalue weighted by Gasteiger charge is 2.23. The Bertz CT molecular complexity index is 706. The first-order valence-corrected chi connectivity index (χ1v) is 8.49. The van der Waals surface area contributed by atoms with Gasteiger partial charge >= 0.3 is 0 Å². The van der Waals surface area contributed by atoms with E-state index in [1.807, 2.05) is 11.0 Å². The molecule has 2 aromatic rings. The van der Waals surface area contributed by atoms with Crippen LogP contribution in [0.25, 0.3) is 0 Å². The Labute approximate surface area is 143 Å². The van der Waals surface area contributed by atoms with Crippen LogP contribution in [0.4, 0.5) is 11.5 Å². The molecule has 1 aromatic carbocycles. The summed E-state index contributed by atoms with van der Waals surface area (Å²) in [6.45, 7) is 7.93. The summed E-state index contributed by atoms with van der Waals surface area (Å²) in [5, 5.41) is 11.5. The summed E-state index contributed by atoms with van der Waals surface area (Å²) in [5.74, 6) is 1.18. The lowest BCUT2D eigenvalue weighted by molar-refractivity contribution is 0.0676. The Morgan fingerprint density at radius 2 is 1.92 bits per heavy atom. The van der Waals surface area contributed by atoms with Gasteiger partial charge in [-0.1, -0.05) is 13.0 Å². The predicted octanol–water partition coefficient (Wildman–Crippen LogP) is 3.71. The fourth-order valence-corrected chi connectivity index (χ4v) is 3.24. The zero-order valence-electron chi connectivity index (χ0n) is 14.5. The molecular formula is C19H24N4O. The second-order valence-electron chi connectivity index (χ2n) is 6.80. The molecule has 24 heavy (non-hydrogen) atoms. The number of nitrogens with zero attached hydrogens (tertiary/aromatic N) is 3. The molecule has 3 rings (SSSR count). The molecule has 1 aromatic heterocycles. The number of hydrogen-bond donors (Lipinski definition) is 1. The van der Waals surface area contributed by atoms with Gasteiger partial charge in [0.15, 0.2) is 11.5 Å². The molecule has 1 N–H and O–H groups in total. The highest BCUT2D eigenvalue weighted by atomic mass is 16.2. The number of hydrogen-bond acceptors (Lipinski definition) is 4.